The second-order valence-electron chi connectivity index (χ2n) is 5.57. The molecule has 2 aliphatic heterocycles. The summed E-state index contributed by atoms with van der Waals surface area (Å²) in [5.41, 5.74) is 0. The van der Waals surface area contributed by atoms with E-state index in [0.29, 0.717) is 25.8 Å². The molecule has 0 spiro atoms. The lowest BCUT2D eigenvalue weighted by Gasteiger charge is -2.30. The first-order chi connectivity index (χ1) is 9.17. The molecule has 2 heterocycles. The van der Waals surface area contributed by atoms with Gasteiger partial charge in [-0.25, -0.2) is 21.1 Å². The number of amides is 1. The van der Waals surface area contributed by atoms with Crippen LogP contribution >= 0.6 is 0 Å². The van der Waals surface area contributed by atoms with Crippen molar-refractivity contribution >= 4 is 25.8 Å². The lowest BCUT2D eigenvalue weighted by Crippen LogP contribution is -2.47. The number of carbonyl (C=O) groups is 1. The maximum Gasteiger partial charge on any atom is 0.224 e. The molecule has 0 aromatic carbocycles. The number of hydrogen-bond donors (Lipinski definition) is 1. The summed E-state index contributed by atoms with van der Waals surface area (Å²) in [6.07, 6.45) is 2.86. The number of piperidine rings is 1. The second-order valence-corrected chi connectivity index (χ2v) is 9.78. The van der Waals surface area contributed by atoms with Gasteiger partial charge in [0.1, 0.15) is 0 Å². The number of carbonyl (C=O) groups excluding carboxylic acids is 1. The van der Waals surface area contributed by atoms with Crippen LogP contribution in [-0.2, 0) is 24.7 Å². The Balaban J connectivity index is 1.93. The average Bonchev–Trinajstić information content (AvgIpc) is 2.68. The van der Waals surface area contributed by atoms with E-state index in [4.69, 9.17) is 0 Å². The minimum Gasteiger partial charge on any atom is -0.352 e. The number of sulfone groups is 1. The highest BCUT2D eigenvalue weighted by molar-refractivity contribution is 7.91. The van der Waals surface area contributed by atoms with E-state index in [1.54, 1.807) is 0 Å². The van der Waals surface area contributed by atoms with Crippen molar-refractivity contribution in [2.24, 2.45) is 5.92 Å². The van der Waals surface area contributed by atoms with Crippen molar-refractivity contribution < 1.29 is 21.6 Å². The third-order valence-electron chi connectivity index (χ3n) is 3.80. The first-order valence-electron chi connectivity index (χ1n) is 6.63. The predicted molar refractivity (Wildman–Crippen MR) is 74.3 cm³/mol. The molecule has 0 bridgehead atoms. The smallest absolute Gasteiger partial charge is 0.224 e. The van der Waals surface area contributed by atoms with Gasteiger partial charge >= 0.3 is 0 Å². The molecule has 0 radical (unpaired) electrons. The van der Waals surface area contributed by atoms with Crippen LogP contribution in [0.15, 0.2) is 0 Å². The Kier molecular flexibility index (Phi) is 4.41. The minimum absolute atomic E-state index is 0.0126. The Morgan fingerprint density at radius 3 is 2.55 bits per heavy atom. The average molecular weight is 324 g/mol. The van der Waals surface area contributed by atoms with E-state index in [-0.39, 0.29) is 35.9 Å². The van der Waals surface area contributed by atoms with Gasteiger partial charge in [0, 0.05) is 19.1 Å². The Hall–Kier alpha value is -0.670. The van der Waals surface area contributed by atoms with Gasteiger partial charge < -0.3 is 5.32 Å². The normalized spacial score (nSPS) is 31.1. The first kappa shape index (κ1) is 15.7. The standard InChI is InChI=1S/C11H20N2O5S2/c1-19(15,16)13-5-2-3-9(7-13)11(14)12-10-4-6-20(17,18)8-10/h9-10H,2-8H2,1H3,(H,12,14)/t9-,10+/m0/s1. The molecule has 2 aliphatic rings. The molecular weight excluding hydrogens is 304 g/mol. The molecule has 2 atom stereocenters. The third kappa shape index (κ3) is 3.92. The predicted octanol–water partition coefficient (Wildman–Crippen LogP) is -1.04. The molecule has 2 rings (SSSR count). The van der Waals surface area contributed by atoms with Crippen LogP contribution in [0.25, 0.3) is 0 Å². The van der Waals surface area contributed by atoms with Crippen molar-refractivity contribution in [2.45, 2.75) is 25.3 Å². The Labute approximate surface area is 119 Å². The van der Waals surface area contributed by atoms with Crippen molar-refractivity contribution in [1.82, 2.24) is 9.62 Å². The summed E-state index contributed by atoms with van der Waals surface area (Å²) in [6.45, 7) is 0.630. The summed E-state index contributed by atoms with van der Waals surface area (Å²) in [5.74, 6) is -0.526. The van der Waals surface area contributed by atoms with E-state index in [1.807, 2.05) is 0 Å². The van der Waals surface area contributed by atoms with Crippen LogP contribution in [0.5, 0.6) is 0 Å². The summed E-state index contributed by atoms with van der Waals surface area (Å²) in [5, 5.41) is 2.74. The van der Waals surface area contributed by atoms with Gasteiger partial charge in [-0.2, -0.15) is 0 Å². The SMILES string of the molecule is CS(=O)(=O)N1CCC[C@H](C(=O)N[C@@H]2CCS(=O)(=O)C2)C1. The molecule has 0 unspecified atom stereocenters. The van der Waals surface area contributed by atoms with Gasteiger partial charge in [-0.3, -0.25) is 4.79 Å². The number of rotatable bonds is 3. The van der Waals surface area contributed by atoms with Crippen molar-refractivity contribution in [3.63, 3.8) is 0 Å². The van der Waals surface area contributed by atoms with Crippen LogP contribution < -0.4 is 5.32 Å². The van der Waals surface area contributed by atoms with Crippen LogP contribution in [0.1, 0.15) is 19.3 Å². The Morgan fingerprint density at radius 1 is 1.30 bits per heavy atom. The van der Waals surface area contributed by atoms with Crippen molar-refractivity contribution in [3.8, 4) is 0 Å². The first-order valence-corrected chi connectivity index (χ1v) is 10.3. The second kappa shape index (κ2) is 5.61. The third-order valence-corrected chi connectivity index (χ3v) is 6.84. The van der Waals surface area contributed by atoms with Gasteiger partial charge in [0.05, 0.1) is 23.7 Å². The monoisotopic (exact) mass is 324 g/mol. The zero-order valence-electron chi connectivity index (χ0n) is 11.4. The van der Waals surface area contributed by atoms with E-state index < -0.39 is 19.9 Å². The molecule has 20 heavy (non-hydrogen) atoms. The van der Waals surface area contributed by atoms with Crippen molar-refractivity contribution in [2.75, 3.05) is 30.9 Å². The summed E-state index contributed by atoms with van der Waals surface area (Å²) in [6, 6.07) is -0.332. The molecule has 0 saturated carbocycles. The highest BCUT2D eigenvalue weighted by Crippen LogP contribution is 2.20. The number of hydrogen-bond acceptors (Lipinski definition) is 5. The summed E-state index contributed by atoms with van der Waals surface area (Å²) < 4.78 is 47.0. The maximum atomic E-state index is 12.1. The largest absolute Gasteiger partial charge is 0.352 e. The quantitative estimate of drug-likeness (QED) is 0.715. The molecule has 0 aromatic rings. The molecule has 0 aliphatic carbocycles. The summed E-state index contributed by atoms with van der Waals surface area (Å²) in [7, 11) is -6.31. The number of nitrogens with one attached hydrogen (secondary N) is 1. The summed E-state index contributed by atoms with van der Waals surface area (Å²) in [4.78, 5) is 12.1. The van der Waals surface area contributed by atoms with Crippen molar-refractivity contribution in [1.29, 1.82) is 0 Å². The lowest BCUT2D eigenvalue weighted by molar-refractivity contribution is -0.126. The molecular formula is C11H20N2O5S2. The van der Waals surface area contributed by atoms with E-state index in [1.165, 1.54) is 4.31 Å². The van der Waals surface area contributed by atoms with Gasteiger partial charge in [0.2, 0.25) is 15.9 Å². The van der Waals surface area contributed by atoms with Gasteiger partial charge in [0.15, 0.2) is 9.84 Å². The lowest BCUT2D eigenvalue weighted by atomic mass is 9.98. The topological polar surface area (TPSA) is 101 Å². The molecule has 9 heteroatoms. The number of sulfonamides is 1. The van der Waals surface area contributed by atoms with E-state index in [0.717, 1.165) is 6.26 Å². The fourth-order valence-electron chi connectivity index (χ4n) is 2.69. The van der Waals surface area contributed by atoms with Crippen LogP contribution in [0.4, 0.5) is 0 Å². The van der Waals surface area contributed by atoms with E-state index in [2.05, 4.69) is 5.32 Å². The zero-order valence-corrected chi connectivity index (χ0v) is 13.0. The van der Waals surface area contributed by atoms with Crippen LogP contribution in [0.2, 0.25) is 0 Å². The van der Waals surface area contributed by atoms with Crippen molar-refractivity contribution in [3.05, 3.63) is 0 Å². The molecule has 0 aromatic heterocycles. The van der Waals surface area contributed by atoms with Gasteiger partial charge in [-0.05, 0) is 19.3 Å². The van der Waals surface area contributed by atoms with Crippen LogP contribution in [0, 0.1) is 5.92 Å². The van der Waals surface area contributed by atoms with Gasteiger partial charge in [-0.15, -0.1) is 0 Å². The molecule has 116 valence electrons. The van der Waals surface area contributed by atoms with Crippen LogP contribution in [-0.4, -0.2) is 63.9 Å². The Morgan fingerprint density at radius 2 is 2.00 bits per heavy atom. The molecule has 1 amide bonds. The van der Waals surface area contributed by atoms with Crippen LogP contribution in [0.3, 0.4) is 0 Å². The fourth-order valence-corrected chi connectivity index (χ4v) is 5.27. The minimum atomic E-state index is -3.28. The highest BCUT2D eigenvalue weighted by atomic mass is 32.2. The molecule has 2 saturated heterocycles. The van der Waals surface area contributed by atoms with Gasteiger partial charge in [-0.1, -0.05) is 0 Å². The molecule has 7 nitrogen and oxygen atoms in total. The highest BCUT2D eigenvalue weighted by Gasteiger charge is 2.34. The maximum absolute atomic E-state index is 12.1. The zero-order chi connectivity index (χ0) is 15.0. The summed E-state index contributed by atoms with van der Waals surface area (Å²) >= 11 is 0. The van der Waals surface area contributed by atoms with Gasteiger partial charge in [0.25, 0.3) is 0 Å². The van der Waals surface area contributed by atoms with E-state index >= 15 is 0 Å². The molecule has 2 fully saturated rings. The Bertz CT molecular complexity index is 584. The van der Waals surface area contributed by atoms with E-state index in [9.17, 15) is 21.6 Å². The molecule has 1 N–H and O–H groups in total. The number of nitrogens with zero attached hydrogens (tertiary/aromatic N) is 1. The fraction of sp³-hybridized carbons (Fsp3) is 0.909.